The minimum Gasteiger partial charge on any atom is -0.244 e. The van der Waals surface area contributed by atoms with Crippen LogP contribution in [0.3, 0.4) is 0 Å². The Hall–Kier alpha value is -1.10. The first kappa shape index (κ1) is 15.3. The van der Waals surface area contributed by atoms with Crippen LogP contribution in [0, 0.1) is 11.3 Å². The van der Waals surface area contributed by atoms with E-state index in [2.05, 4.69) is 16.6 Å². The molecule has 5 nitrogen and oxygen atoms in total. The molecule has 1 fully saturated rings. The van der Waals surface area contributed by atoms with Crippen molar-refractivity contribution in [3.05, 3.63) is 24.0 Å². The SMILES string of the molecule is CCSC1CCCC1NS(=O)(=O)c1cccnc1C#N. The molecule has 0 spiro atoms. The molecule has 1 heterocycles. The van der Waals surface area contributed by atoms with E-state index in [0.29, 0.717) is 5.25 Å². The van der Waals surface area contributed by atoms with Crippen molar-refractivity contribution in [2.45, 2.75) is 42.4 Å². The number of hydrogen-bond donors (Lipinski definition) is 1. The lowest BCUT2D eigenvalue weighted by atomic mass is 10.3. The van der Waals surface area contributed by atoms with Crippen molar-refractivity contribution >= 4 is 21.8 Å². The van der Waals surface area contributed by atoms with E-state index < -0.39 is 10.0 Å². The lowest BCUT2D eigenvalue weighted by molar-refractivity contribution is 0.554. The number of sulfonamides is 1. The first-order valence-electron chi connectivity index (χ1n) is 6.57. The molecule has 0 aliphatic heterocycles. The first-order valence-corrected chi connectivity index (χ1v) is 9.10. The summed E-state index contributed by atoms with van der Waals surface area (Å²) in [7, 11) is -3.69. The number of nitriles is 1. The third-order valence-corrected chi connectivity index (χ3v) is 6.15. The van der Waals surface area contributed by atoms with Gasteiger partial charge in [-0.3, -0.25) is 0 Å². The second-order valence-electron chi connectivity index (χ2n) is 4.61. The van der Waals surface area contributed by atoms with Crippen LogP contribution in [0.2, 0.25) is 0 Å². The molecule has 108 valence electrons. The van der Waals surface area contributed by atoms with Gasteiger partial charge in [-0.25, -0.2) is 18.1 Å². The molecule has 0 bridgehead atoms. The first-order chi connectivity index (χ1) is 9.58. The van der Waals surface area contributed by atoms with Crippen LogP contribution in [-0.2, 0) is 10.0 Å². The molecule has 7 heteroatoms. The van der Waals surface area contributed by atoms with Crippen LogP contribution in [0.25, 0.3) is 0 Å². The fourth-order valence-electron chi connectivity index (χ4n) is 2.43. The third-order valence-electron chi connectivity index (χ3n) is 3.31. The van der Waals surface area contributed by atoms with Gasteiger partial charge < -0.3 is 0 Å². The van der Waals surface area contributed by atoms with Gasteiger partial charge in [0.1, 0.15) is 11.0 Å². The molecule has 0 aromatic carbocycles. The van der Waals surface area contributed by atoms with Gasteiger partial charge in [0.25, 0.3) is 0 Å². The molecular formula is C13H17N3O2S2. The third kappa shape index (κ3) is 3.32. The Labute approximate surface area is 123 Å². The second-order valence-corrected chi connectivity index (χ2v) is 7.81. The van der Waals surface area contributed by atoms with E-state index >= 15 is 0 Å². The largest absolute Gasteiger partial charge is 0.244 e. The van der Waals surface area contributed by atoms with Gasteiger partial charge in [0.2, 0.25) is 10.0 Å². The van der Waals surface area contributed by atoms with Crippen LogP contribution < -0.4 is 4.72 Å². The summed E-state index contributed by atoms with van der Waals surface area (Å²) in [6.07, 6.45) is 4.33. The predicted octanol–water partition coefficient (Wildman–Crippen LogP) is 1.91. The molecule has 2 rings (SSSR count). The topological polar surface area (TPSA) is 82.8 Å². The van der Waals surface area contributed by atoms with E-state index in [-0.39, 0.29) is 16.6 Å². The Morgan fingerprint density at radius 3 is 3.05 bits per heavy atom. The van der Waals surface area contributed by atoms with E-state index in [1.54, 1.807) is 11.8 Å². The minimum atomic E-state index is -3.69. The number of nitrogens with zero attached hydrogens (tertiary/aromatic N) is 2. The Kier molecular flexibility index (Phi) is 5.02. The van der Waals surface area contributed by atoms with Gasteiger partial charge in [-0.1, -0.05) is 13.3 Å². The summed E-state index contributed by atoms with van der Waals surface area (Å²) in [4.78, 5) is 3.78. The maximum atomic E-state index is 12.4. The zero-order valence-electron chi connectivity index (χ0n) is 11.2. The second kappa shape index (κ2) is 6.57. The molecule has 0 radical (unpaired) electrons. The maximum Gasteiger partial charge on any atom is 0.243 e. The van der Waals surface area contributed by atoms with Gasteiger partial charge in [0, 0.05) is 17.5 Å². The fourth-order valence-corrected chi connectivity index (χ4v) is 5.13. The predicted molar refractivity (Wildman–Crippen MR) is 78.8 cm³/mol. The lowest BCUT2D eigenvalue weighted by Crippen LogP contribution is -2.39. The van der Waals surface area contributed by atoms with Crippen molar-refractivity contribution in [1.29, 1.82) is 5.26 Å². The Balaban J connectivity index is 2.21. The van der Waals surface area contributed by atoms with Crippen molar-refractivity contribution < 1.29 is 8.42 Å². The summed E-state index contributed by atoms with van der Waals surface area (Å²) in [6, 6.07) is 4.72. The van der Waals surface area contributed by atoms with Crippen LogP contribution in [-0.4, -0.2) is 30.4 Å². The molecule has 1 aliphatic rings. The number of nitrogens with one attached hydrogen (secondary N) is 1. The molecule has 2 atom stereocenters. The molecule has 1 aromatic heterocycles. The zero-order chi connectivity index (χ0) is 14.6. The fraction of sp³-hybridized carbons (Fsp3) is 0.538. The Morgan fingerprint density at radius 2 is 2.35 bits per heavy atom. The molecule has 0 amide bonds. The van der Waals surface area contributed by atoms with Crippen molar-refractivity contribution in [2.75, 3.05) is 5.75 Å². The molecule has 20 heavy (non-hydrogen) atoms. The number of thioether (sulfide) groups is 1. The highest BCUT2D eigenvalue weighted by Gasteiger charge is 2.32. The quantitative estimate of drug-likeness (QED) is 0.898. The highest BCUT2D eigenvalue weighted by molar-refractivity contribution is 8.00. The average molecular weight is 311 g/mol. The van der Waals surface area contributed by atoms with E-state index in [1.165, 1.54) is 18.3 Å². The molecule has 0 saturated heterocycles. The van der Waals surface area contributed by atoms with E-state index in [0.717, 1.165) is 25.0 Å². The highest BCUT2D eigenvalue weighted by Crippen LogP contribution is 2.31. The van der Waals surface area contributed by atoms with Crippen LogP contribution in [0.1, 0.15) is 31.9 Å². The van der Waals surface area contributed by atoms with Gasteiger partial charge >= 0.3 is 0 Å². The van der Waals surface area contributed by atoms with Gasteiger partial charge in [0.05, 0.1) is 0 Å². The van der Waals surface area contributed by atoms with Gasteiger partial charge in [0.15, 0.2) is 5.69 Å². The van der Waals surface area contributed by atoms with Crippen molar-refractivity contribution in [2.24, 2.45) is 0 Å². The standard InChI is InChI=1S/C13H17N3O2S2/c1-2-19-12-6-3-5-10(12)16-20(17,18)13-7-4-8-15-11(13)9-14/h4,7-8,10,12,16H,2-3,5-6H2,1H3. The number of rotatable bonds is 5. The smallest absolute Gasteiger partial charge is 0.243 e. The molecule has 1 N–H and O–H groups in total. The van der Waals surface area contributed by atoms with Crippen LogP contribution >= 0.6 is 11.8 Å². The number of hydrogen-bond acceptors (Lipinski definition) is 5. The maximum absolute atomic E-state index is 12.4. The summed E-state index contributed by atoms with van der Waals surface area (Å²) < 4.78 is 27.6. The van der Waals surface area contributed by atoms with Crippen molar-refractivity contribution in [1.82, 2.24) is 9.71 Å². The molecule has 1 aliphatic carbocycles. The summed E-state index contributed by atoms with van der Waals surface area (Å²) in [6.45, 7) is 2.07. The monoisotopic (exact) mass is 311 g/mol. The van der Waals surface area contributed by atoms with E-state index in [1.807, 2.05) is 6.07 Å². The molecular weight excluding hydrogens is 294 g/mol. The van der Waals surface area contributed by atoms with E-state index in [4.69, 9.17) is 5.26 Å². The van der Waals surface area contributed by atoms with Gasteiger partial charge in [-0.15, -0.1) is 0 Å². The highest BCUT2D eigenvalue weighted by atomic mass is 32.2. The molecule has 2 unspecified atom stereocenters. The van der Waals surface area contributed by atoms with Crippen molar-refractivity contribution in [3.63, 3.8) is 0 Å². The summed E-state index contributed by atoms with van der Waals surface area (Å²) in [5.41, 5.74) is -0.0577. The Morgan fingerprint density at radius 1 is 1.55 bits per heavy atom. The summed E-state index contributed by atoms with van der Waals surface area (Å²) in [5, 5.41) is 9.29. The minimum absolute atomic E-state index is 0.0327. The summed E-state index contributed by atoms with van der Waals surface area (Å²) in [5.74, 6) is 0.971. The summed E-state index contributed by atoms with van der Waals surface area (Å²) >= 11 is 1.79. The number of aromatic nitrogens is 1. The van der Waals surface area contributed by atoms with Gasteiger partial charge in [-0.05, 0) is 30.7 Å². The molecule has 1 aromatic rings. The lowest BCUT2D eigenvalue weighted by Gasteiger charge is -2.20. The Bertz CT molecular complexity index is 610. The van der Waals surface area contributed by atoms with Crippen LogP contribution in [0.15, 0.2) is 23.2 Å². The van der Waals surface area contributed by atoms with Crippen LogP contribution in [0.4, 0.5) is 0 Å². The van der Waals surface area contributed by atoms with E-state index in [9.17, 15) is 8.42 Å². The normalized spacial score (nSPS) is 22.6. The molecule has 1 saturated carbocycles. The zero-order valence-corrected chi connectivity index (χ0v) is 12.9. The van der Waals surface area contributed by atoms with Crippen LogP contribution in [0.5, 0.6) is 0 Å². The number of pyridine rings is 1. The average Bonchev–Trinajstić information content (AvgIpc) is 2.86. The van der Waals surface area contributed by atoms with Gasteiger partial charge in [-0.2, -0.15) is 17.0 Å². The van der Waals surface area contributed by atoms with Crippen molar-refractivity contribution in [3.8, 4) is 6.07 Å².